The van der Waals surface area contributed by atoms with Gasteiger partial charge in [0.05, 0.1) is 24.7 Å². The van der Waals surface area contributed by atoms with Crippen LogP contribution in [0.5, 0.6) is 11.5 Å². The Morgan fingerprint density at radius 1 is 1.06 bits per heavy atom. The Bertz CT molecular complexity index is 1070. The molecule has 3 rings (SSSR count). The molecule has 0 unspecified atom stereocenters. The number of nitro benzene ring substituents is 1. The molecule has 1 N–H and O–H groups in total. The van der Waals surface area contributed by atoms with Gasteiger partial charge in [0, 0.05) is 11.6 Å². The molecular weight excluding hydrogens is 398 g/mol. The topological polar surface area (TPSA) is 103 Å². The molecule has 3 aromatic rings. The first-order valence-electron chi connectivity index (χ1n) is 9.46. The number of carbonyl (C=O) groups is 1. The van der Waals surface area contributed by atoms with E-state index in [0.717, 1.165) is 11.1 Å². The van der Waals surface area contributed by atoms with Crippen LogP contribution in [0.2, 0.25) is 0 Å². The summed E-state index contributed by atoms with van der Waals surface area (Å²) in [7, 11) is 1.40. The van der Waals surface area contributed by atoms with Crippen LogP contribution in [0.15, 0.2) is 77.9 Å². The molecule has 3 aromatic carbocycles. The highest BCUT2D eigenvalue weighted by Gasteiger charge is 2.22. The van der Waals surface area contributed by atoms with Crippen molar-refractivity contribution in [3.05, 3.63) is 99.6 Å². The molecule has 0 bridgehead atoms. The van der Waals surface area contributed by atoms with Crippen LogP contribution in [0.3, 0.4) is 0 Å². The van der Waals surface area contributed by atoms with Crippen LogP contribution in [0.4, 0.5) is 5.69 Å². The van der Waals surface area contributed by atoms with E-state index in [1.807, 2.05) is 60.7 Å². The Balaban J connectivity index is 1.73. The molecule has 158 valence electrons. The highest BCUT2D eigenvalue weighted by molar-refractivity contribution is 5.85. The molecule has 8 heteroatoms. The highest BCUT2D eigenvalue weighted by Crippen LogP contribution is 2.38. The van der Waals surface area contributed by atoms with Crippen molar-refractivity contribution in [3.8, 4) is 11.5 Å². The van der Waals surface area contributed by atoms with Crippen molar-refractivity contribution in [2.45, 2.75) is 13.0 Å². The van der Waals surface area contributed by atoms with Gasteiger partial charge in [-0.1, -0.05) is 60.7 Å². The van der Waals surface area contributed by atoms with Gasteiger partial charge in [-0.15, -0.1) is 0 Å². The minimum atomic E-state index is -0.547. The summed E-state index contributed by atoms with van der Waals surface area (Å²) in [6, 6.07) is 21.4. The van der Waals surface area contributed by atoms with Crippen molar-refractivity contribution >= 4 is 17.8 Å². The van der Waals surface area contributed by atoms with Crippen molar-refractivity contribution in [1.82, 2.24) is 5.43 Å². The summed E-state index contributed by atoms with van der Waals surface area (Å²) in [4.78, 5) is 23.0. The zero-order valence-corrected chi connectivity index (χ0v) is 16.9. The summed E-state index contributed by atoms with van der Waals surface area (Å²) in [5.74, 6) is -0.0736. The van der Waals surface area contributed by atoms with Crippen LogP contribution in [0.1, 0.15) is 16.7 Å². The maximum Gasteiger partial charge on any atom is 0.315 e. The van der Waals surface area contributed by atoms with Gasteiger partial charge in [-0.25, -0.2) is 5.43 Å². The van der Waals surface area contributed by atoms with Crippen LogP contribution in [0, 0.1) is 10.1 Å². The fourth-order valence-electron chi connectivity index (χ4n) is 2.84. The molecule has 1 amide bonds. The van der Waals surface area contributed by atoms with E-state index in [4.69, 9.17) is 9.47 Å². The summed E-state index contributed by atoms with van der Waals surface area (Å²) in [5.41, 5.74) is 4.26. The first kappa shape index (κ1) is 21.5. The van der Waals surface area contributed by atoms with Crippen LogP contribution in [0.25, 0.3) is 0 Å². The largest absolute Gasteiger partial charge is 0.493 e. The van der Waals surface area contributed by atoms with Gasteiger partial charge < -0.3 is 9.47 Å². The molecular formula is C23H21N3O5. The van der Waals surface area contributed by atoms with Crippen LogP contribution in [-0.4, -0.2) is 24.2 Å². The predicted octanol–water partition coefficient (Wildman–Crippen LogP) is 3.88. The van der Waals surface area contributed by atoms with Gasteiger partial charge in [-0.2, -0.15) is 5.10 Å². The molecule has 0 fully saturated rings. The van der Waals surface area contributed by atoms with Gasteiger partial charge in [0.25, 0.3) is 0 Å². The standard InChI is InChI=1S/C23H21N3O5/c1-30-21-13-19(15-24-25-22(27)14-17-8-4-2-5-9-17)12-20(26(28)29)23(21)31-16-18-10-6-3-7-11-18/h2-13,15H,14,16H2,1H3,(H,25,27)/b24-15-. The summed E-state index contributed by atoms with van der Waals surface area (Å²) in [5, 5.41) is 15.5. The van der Waals surface area contributed by atoms with Gasteiger partial charge >= 0.3 is 5.69 Å². The minimum Gasteiger partial charge on any atom is -0.493 e. The SMILES string of the molecule is COc1cc(/C=N\NC(=O)Cc2ccccc2)cc([N+](=O)[O-])c1OCc1ccccc1. The zero-order valence-electron chi connectivity index (χ0n) is 16.9. The smallest absolute Gasteiger partial charge is 0.315 e. The number of benzene rings is 3. The van der Waals surface area contributed by atoms with Gasteiger partial charge in [0.2, 0.25) is 11.7 Å². The molecule has 0 heterocycles. The number of amides is 1. The number of nitrogens with zero attached hydrogens (tertiary/aromatic N) is 2. The van der Waals surface area contributed by atoms with Crippen molar-refractivity contribution < 1.29 is 19.2 Å². The van der Waals surface area contributed by atoms with E-state index < -0.39 is 4.92 Å². The second-order valence-corrected chi connectivity index (χ2v) is 6.56. The van der Waals surface area contributed by atoms with E-state index in [1.165, 1.54) is 19.4 Å². The number of hydrazone groups is 1. The highest BCUT2D eigenvalue weighted by atomic mass is 16.6. The second-order valence-electron chi connectivity index (χ2n) is 6.56. The van der Waals surface area contributed by atoms with E-state index in [0.29, 0.717) is 5.56 Å². The monoisotopic (exact) mass is 419 g/mol. The average Bonchev–Trinajstić information content (AvgIpc) is 2.78. The first-order valence-corrected chi connectivity index (χ1v) is 9.46. The third-order valence-corrected chi connectivity index (χ3v) is 4.31. The van der Waals surface area contributed by atoms with E-state index in [-0.39, 0.29) is 36.1 Å². The average molecular weight is 419 g/mol. The third-order valence-electron chi connectivity index (χ3n) is 4.31. The zero-order chi connectivity index (χ0) is 22.1. The van der Waals surface area contributed by atoms with Crippen LogP contribution < -0.4 is 14.9 Å². The summed E-state index contributed by atoms with van der Waals surface area (Å²) >= 11 is 0. The van der Waals surface area contributed by atoms with E-state index in [9.17, 15) is 14.9 Å². The lowest BCUT2D eigenvalue weighted by atomic mass is 10.1. The fraction of sp³-hybridized carbons (Fsp3) is 0.130. The number of hydrogen-bond donors (Lipinski definition) is 1. The quantitative estimate of drug-likeness (QED) is 0.322. The van der Waals surface area contributed by atoms with Gasteiger partial charge in [-0.05, 0) is 17.2 Å². The fourth-order valence-corrected chi connectivity index (χ4v) is 2.84. The van der Waals surface area contributed by atoms with E-state index >= 15 is 0 Å². The number of nitrogens with one attached hydrogen (secondary N) is 1. The molecule has 0 radical (unpaired) electrons. The number of rotatable bonds is 9. The van der Waals surface area contributed by atoms with Gasteiger partial charge in [0.15, 0.2) is 5.75 Å². The number of nitro groups is 1. The maximum absolute atomic E-state index is 12.0. The van der Waals surface area contributed by atoms with Crippen molar-refractivity contribution in [1.29, 1.82) is 0 Å². The number of hydrogen-bond acceptors (Lipinski definition) is 6. The molecule has 31 heavy (non-hydrogen) atoms. The molecule has 0 atom stereocenters. The normalized spacial score (nSPS) is 10.6. The van der Waals surface area contributed by atoms with Crippen molar-refractivity contribution in [3.63, 3.8) is 0 Å². The lowest BCUT2D eigenvalue weighted by Gasteiger charge is -2.12. The second kappa shape index (κ2) is 10.5. The Kier molecular flexibility index (Phi) is 7.31. The number of carbonyl (C=O) groups excluding carboxylic acids is 1. The molecule has 0 aliphatic carbocycles. The molecule has 0 aromatic heterocycles. The Labute approximate surface area is 179 Å². The number of methoxy groups -OCH3 is 1. The molecule has 0 saturated heterocycles. The third kappa shape index (κ3) is 6.14. The molecule has 8 nitrogen and oxygen atoms in total. The molecule has 0 spiro atoms. The van der Waals surface area contributed by atoms with Gasteiger partial charge in [0.1, 0.15) is 6.61 Å². The minimum absolute atomic E-state index is 0.0293. The Morgan fingerprint density at radius 2 is 1.71 bits per heavy atom. The van der Waals surface area contributed by atoms with Crippen molar-refractivity contribution in [2.75, 3.05) is 7.11 Å². The van der Waals surface area contributed by atoms with E-state index in [2.05, 4.69) is 10.5 Å². The summed E-state index contributed by atoms with van der Waals surface area (Å²) in [6.45, 7) is 0.154. The van der Waals surface area contributed by atoms with Gasteiger partial charge in [-0.3, -0.25) is 14.9 Å². The maximum atomic E-state index is 12.0. The van der Waals surface area contributed by atoms with E-state index in [1.54, 1.807) is 6.07 Å². The lowest BCUT2D eigenvalue weighted by Crippen LogP contribution is -2.19. The van der Waals surface area contributed by atoms with Crippen LogP contribution in [-0.2, 0) is 17.8 Å². The Morgan fingerprint density at radius 3 is 2.32 bits per heavy atom. The molecule has 0 aliphatic heterocycles. The summed E-state index contributed by atoms with van der Waals surface area (Å²) in [6.07, 6.45) is 1.49. The van der Waals surface area contributed by atoms with Crippen molar-refractivity contribution in [2.24, 2.45) is 5.10 Å². The summed E-state index contributed by atoms with van der Waals surface area (Å²) < 4.78 is 11.0. The first-order chi connectivity index (χ1) is 15.1. The lowest BCUT2D eigenvalue weighted by molar-refractivity contribution is -0.386. The van der Waals surface area contributed by atoms with Crippen LogP contribution >= 0.6 is 0 Å². The predicted molar refractivity (Wildman–Crippen MR) is 116 cm³/mol. The Hall–Kier alpha value is -4.20. The molecule has 0 saturated carbocycles. The molecule has 0 aliphatic rings. The number of ether oxygens (including phenoxy) is 2.